The molecule has 0 atom stereocenters. The number of para-hydroxylation sites is 2. The molecule has 0 bridgehead atoms. The molecule has 0 saturated heterocycles. The van der Waals surface area contributed by atoms with Crippen LogP contribution in [0.2, 0.25) is 0 Å². The average molecular weight is 1060 g/mol. The molecule has 0 radical (unpaired) electrons. The first-order chi connectivity index (χ1) is 32.6. The zero-order valence-electron chi connectivity index (χ0n) is 38.6. The van der Waals surface area contributed by atoms with Crippen molar-refractivity contribution < 1.29 is 30.6 Å². The van der Waals surface area contributed by atoms with Crippen LogP contribution in [0.15, 0.2) is 174 Å². The summed E-state index contributed by atoms with van der Waals surface area (Å²) in [6.07, 6.45) is 1.70. The van der Waals surface area contributed by atoms with Gasteiger partial charge in [0.05, 0.1) is 28.0 Å². The van der Waals surface area contributed by atoms with Crippen LogP contribution in [-0.4, -0.2) is 19.6 Å². The van der Waals surface area contributed by atoms with E-state index >= 15 is 0 Å². The molecule has 11 aromatic rings. The van der Waals surface area contributed by atoms with E-state index in [0.717, 1.165) is 141 Å². The Kier molecular flexibility index (Phi) is 10.7. The monoisotopic (exact) mass is 1060 g/mol. The van der Waals surface area contributed by atoms with Crippen molar-refractivity contribution in [2.45, 2.75) is 52.9 Å². The maximum atomic E-state index is 11.3. The molecule has 0 spiro atoms. The van der Waals surface area contributed by atoms with Gasteiger partial charge in [-0.05, 0) is 123 Å². The number of hydrogen-bond acceptors (Lipinski definition) is 4. The minimum absolute atomic E-state index is 0. The normalized spacial score (nSPS) is 12.3. The van der Waals surface area contributed by atoms with Crippen molar-refractivity contribution in [1.29, 1.82) is 0 Å². The molecule has 3 heterocycles. The molecule has 8 aromatic carbocycles. The van der Waals surface area contributed by atoms with Crippen LogP contribution in [0.25, 0.3) is 106 Å². The predicted octanol–water partition coefficient (Wildman–Crippen LogP) is 15.8. The predicted molar refractivity (Wildman–Crippen MR) is 275 cm³/mol. The van der Waals surface area contributed by atoms with Gasteiger partial charge in [-0.15, -0.1) is 23.8 Å². The molecule has 6 heteroatoms. The van der Waals surface area contributed by atoms with Crippen LogP contribution in [0.3, 0.4) is 0 Å². The van der Waals surface area contributed by atoms with Crippen molar-refractivity contribution in [3.8, 4) is 78.7 Å². The second-order valence-electron chi connectivity index (χ2n) is 19.0. The molecule has 0 amide bonds. The van der Waals surface area contributed by atoms with E-state index in [1.807, 2.05) is 18.2 Å². The van der Waals surface area contributed by atoms with Crippen molar-refractivity contribution in [2.75, 3.05) is 0 Å². The Morgan fingerprint density at radius 3 is 2.10 bits per heavy atom. The van der Waals surface area contributed by atoms with Gasteiger partial charge in [0.2, 0.25) is 0 Å². The number of fused-ring (bicyclic) bond motifs is 7. The maximum absolute atomic E-state index is 11.3. The molecule has 3 aromatic heterocycles. The summed E-state index contributed by atoms with van der Waals surface area (Å²) in [5.41, 5.74) is 20.9. The molecule has 5 nitrogen and oxygen atoms in total. The number of nitrogens with zero attached hydrogens (tertiary/aromatic N) is 3. The fourth-order valence-corrected chi connectivity index (χ4v) is 10.5. The summed E-state index contributed by atoms with van der Waals surface area (Å²) >= 11 is 0. The molecule has 1 N–H and O–H groups in total. The van der Waals surface area contributed by atoms with Gasteiger partial charge in [0.15, 0.2) is 5.82 Å². The third kappa shape index (κ3) is 7.11. The van der Waals surface area contributed by atoms with E-state index in [-0.39, 0.29) is 32.2 Å². The topological polar surface area (TPSA) is 64.1 Å². The third-order valence-electron chi connectivity index (χ3n) is 13.8. The van der Waals surface area contributed by atoms with E-state index in [1.165, 1.54) is 5.56 Å². The zero-order chi connectivity index (χ0) is 45.6. The van der Waals surface area contributed by atoms with Crippen LogP contribution in [0.5, 0.6) is 5.75 Å². The van der Waals surface area contributed by atoms with Crippen LogP contribution in [0.4, 0.5) is 0 Å². The Morgan fingerprint density at radius 1 is 0.588 bits per heavy atom. The molecule has 1 aliphatic rings. The summed E-state index contributed by atoms with van der Waals surface area (Å²) in [5, 5.41) is 13.4. The van der Waals surface area contributed by atoms with Gasteiger partial charge in [0.25, 0.3) is 0 Å². The Labute approximate surface area is 411 Å². The van der Waals surface area contributed by atoms with Gasteiger partial charge >= 0.3 is 0 Å². The van der Waals surface area contributed by atoms with E-state index in [2.05, 4.69) is 191 Å². The van der Waals surface area contributed by atoms with Crippen molar-refractivity contribution in [3.63, 3.8) is 0 Å². The molecule has 334 valence electrons. The van der Waals surface area contributed by atoms with Crippen LogP contribution < -0.4 is 0 Å². The Balaban J connectivity index is 0.00000507. The Bertz CT molecular complexity index is 3760. The van der Waals surface area contributed by atoms with Crippen molar-refractivity contribution in [2.24, 2.45) is 0 Å². The van der Waals surface area contributed by atoms with Crippen LogP contribution in [0.1, 0.15) is 48.6 Å². The molecule has 1 aliphatic carbocycles. The first-order valence-electron chi connectivity index (χ1n) is 23.2. The average Bonchev–Trinajstić information content (AvgIpc) is 3.91. The second-order valence-corrected chi connectivity index (χ2v) is 19.0. The number of phenols is 1. The number of hydrogen-bond donors (Lipinski definition) is 1. The Hall–Kier alpha value is -7.33. The quantitative estimate of drug-likeness (QED) is 0.169. The smallest absolute Gasteiger partial charge is 0.163 e. The number of benzene rings is 8. The van der Waals surface area contributed by atoms with Crippen molar-refractivity contribution >= 4 is 33.0 Å². The fraction of sp³-hybridized carbons (Fsp3) is 0.129. The summed E-state index contributed by atoms with van der Waals surface area (Å²) in [6.45, 7) is 11.1. The van der Waals surface area contributed by atoms with Gasteiger partial charge in [-0.2, -0.15) is 0 Å². The molecular formula is C62H48N3O2Pt-. The van der Waals surface area contributed by atoms with E-state index in [1.54, 1.807) is 6.07 Å². The van der Waals surface area contributed by atoms with Crippen LogP contribution in [0, 0.1) is 19.9 Å². The van der Waals surface area contributed by atoms with Gasteiger partial charge in [-0.25, -0.2) is 9.97 Å². The van der Waals surface area contributed by atoms with E-state index < -0.39 is 0 Å². The summed E-state index contributed by atoms with van der Waals surface area (Å²) in [6, 6.07) is 63.6. The molecule has 0 unspecified atom stereocenters. The molecular weight excluding hydrogens is 1010 g/mol. The zero-order valence-corrected chi connectivity index (χ0v) is 40.9. The number of furan rings is 1. The van der Waals surface area contributed by atoms with Crippen LogP contribution >= 0.6 is 0 Å². The van der Waals surface area contributed by atoms with Gasteiger partial charge in [-0.3, -0.25) is 4.57 Å². The SMILES string of the molecule is Cc1cccc(C)c1-n1c(-c2ccc3c(n2)-c2c(O)cccc2CC3)nc2c(-c3[c-]cc4c(c3)oc3ccccc34)c(-c3c(-c4ccccc4)cccc3-c3cccc(C(C)(C)C)c3)ccc21.[Pt]. The number of rotatable bonds is 6. The summed E-state index contributed by atoms with van der Waals surface area (Å²) < 4.78 is 8.92. The molecule has 0 fully saturated rings. The minimum Gasteiger partial charge on any atom is -0.507 e. The number of aromatic nitrogens is 3. The first kappa shape index (κ1) is 43.3. The van der Waals surface area contributed by atoms with Crippen molar-refractivity contribution in [1.82, 2.24) is 14.5 Å². The maximum Gasteiger partial charge on any atom is 0.163 e. The fourth-order valence-electron chi connectivity index (χ4n) is 10.5. The number of imidazole rings is 1. The van der Waals surface area contributed by atoms with Crippen molar-refractivity contribution in [3.05, 3.63) is 204 Å². The standard InChI is InChI=1S/C62H48N3O2.Pt/c1-37-15-11-16-38(2)60(37)65-51-34-32-49(57-45(39-17-7-6-8-18-39)23-14-24-46(57)42-20-12-21-44(35-42)62(3,4)5)55(43-29-31-48-47-22-9-10-26-53(47)67-54(48)36-43)59(51)64-61(65)50-33-30-41-28-27-40-19-13-25-52(66)56(40)58(41)63-50;/h6-26,30-36,66H,27-28H2,1-5H3;/q-1;. The molecule has 0 saturated carbocycles. The summed E-state index contributed by atoms with van der Waals surface area (Å²) in [4.78, 5) is 11.2. The van der Waals surface area contributed by atoms with E-state index in [0.29, 0.717) is 0 Å². The van der Waals surface area contributed by atoms with E-state index in [4.69, 9.17) is 14.4 Å². The third-order valence-corrected chi connectivity index (χ3v) is 13.8. The largest absolute Gasteiger partial charge is 0.507 e. The van der Waals surface area contributed by atoms with Gasteiger partial charge in [0, 0.05) is 26.6 Å². The second kappa shape index (κ2) is 16.8. The van der Waals surface area contributed by atoms with Gasteiger partial charge in [0.1, 0.15) is 17.0 Å². The summed E-state index contributed by atoms with van der Waals surface area (Å²) in [7, 11) is 0. The van der Waals surface area contributed by atoms with Gasteiger partial charge in [-0.1, -0.05) is 165 Å². The first-order valence-corrected chi connectivity index (χ1v) is 23.2. The molecule has 12 rings (SSSR count). The van der Waals surface area contributed by atoms with Gasteiger partial charge < -0.3 is 9.52 Å². The number of phenolic OH excluding ortho intramolecular Hbond substituents is 1. The summed E-state index contributed by atoms with van der Waals surface area (Å²) in [5.74, 6) is 0.964. The van der Waals surface area contributed by atoms with Crippen LogP contribution in [-0.2, 0) is 39.3 Å². The Morgan fingerprint density at radius 2 is 1.29 bits per heavy atom. The number of aromatic hydroxyl groups is 1. The number of aryl methyl sites for hydroxylation is 4. The minimum atomic E-state index is -0.0449. The molecule has 68 heavy (non-hydrogen) atoms. The van der Waals surface area contributed by atoms with E-state index in [9.17, 15) is 5.11 Å². The molecule has 0 aliphatic heterocycles. The number of pyridine rings is 1.